The van der Waals surface area contributed by atoms with E-state index in [9.17, 15) is 5.26 Å². The van der Waals surface area contributed by atoms with Crippen molar-refractivity contribution in [1.82, 2.24) is 0 Å². The quantitative estimate of drug-likeness (QED) is 0.640. The van der Waals surface area contributed by atoms with Gasteiger partial charge in [0, 0.05) is 0 Å². The Morgan fingerprint density at radius 1 is 0.947 bits per heavy atom. The smallest absolute Gasteiger partial charge is 0.0822 e. The van der Waals surface area contributed by atoms with Gasteiger partial charge in [0.2, 0.25) is 0 Å². The van der Waals surface area contributed by atoms with E-state index in [0.717, 1.165) is 12.8 Å². The molecule has 1 nitrogen and oxygen atoms in total. The first-order chi connectivity index (χ1) is 8.98. The SMILES string of the molecule is CC(C)(C)c1ccc(C2(C#N)CCCCCC2)cc1. The standard InChI is InChI=1S/C18H25N/c1-17(2,3)15-8-10-16(11-9-15)18(14-19)12-6-4-5-7-13-18/h8-11H,4-7,12-13H2,1-3H3. The van der Waals surface area contributed by atoms with Crippen LogP contribution >= 0.6 is 0 Å². The number of hydrogen-bond donors (Lipinski definition) is 0. The highest BCUT2D eigenvalue weighted by molar-refractivity contribution is 5.36. The van der Waals surface area contributed by atoms with Gasteiger partial charge in [-0.15, -0.1) is 0 Å². The van der Waals surface area contributed by atoms with Crippen molar-refractivity contribution in [2.75, 3.05) is 0 Å². The van der Waals surface area contributed by atoms with Crippen LogP contribution in [0.5, 0.6) is 0 Å². The van der Waals surface area contributed by atoms with E-state index in [1.165, 1.54) is 36.8 Å². The summed E-state index contributed by atoms with van der Waals surface area (Å²) in [6, 6.07) is 11.4. The number of benzene rings is 1. The average molecular weight is 255 g/mol. The van der Waals surface area contributed by atoms with E-state index in [-0.39, 0.29) is 10.8 Å². The normalized spacial score (nSPS) is 19.5. The summed E-state index contributed by atoms with van der Waals surface area (Å²) in [5.74, 6) is 0. The lowest BCUT2D eigenvalue weighted by Crippen LogP contribution is -2.23. The first kappa shape index (κ1) is 14.1. The molecule has 2 rings (SSSR count). The molecule has 1 aliphatic rings. The van der Waals surface area contributed by atoms with E-state index in [4.69, 9.17) is 0 Å². The van der Waals surface area contributed by atoms with Crippen LogP contribution in [0.15, 0.2) is 24.3 Å². The van der Waals surface area contributed by atoms with E-state index in [1.807, 2.05) is 0 Å². The fourth-order valence-electron chi connectivity index (χ4n) is 3.09. The molecule has 19 heavy (non-hydrogen) atoms. The van der Waals surface area contributed by atoms with Crippen molar-refractivity contribution in [2.24, 2.45) is 0 Å². The van der Waals surface area contributed by atoms with Gasteiger partial charge < -0.3 is 0 Å². The highest BCUT2D eigenvalue weighted by Gasteiger charge is 2.33. The molecule has 0 N–H and O–H groups in total. The van der Waals surface area contributed by atoms with Crippen LogP contribution in [0.25, 0.3) is 0 Å². The third-order valence-electron chi connectivity index (χ3n) is 4.47. The third-order valence-corrected chi connectivity index (χ3v) is 4.47. The van der Waals surface area contributed by atoms with Crippen molar-refractivity contribution in [3.8, 4) is 6.07 Å². The van der Waals surface area contributed by atoms with Gasteiger partial charge in [-0.05, 0) is 29.4 Å². The maximum atomic E-state index is 9.70. The fourth-order valence-corrected chi connectivity index (χ4v) is 3.09. The lowest BCUT2D eigenvalue weighted by atomic mass is 9.74. The Bertz CT molecular complexity index is 448. The second kappa shape index (κ2) is 5.37. The lowest BCUT2D eigenvalue weighted by molar-refractivity contribution is 0.474. The zero-order valence-corrected chi connectivity index (χ0v) is 12.5. The minimum absolute atomic E-state index is 0.182. The minimum atomic E-state index is -0.229. The minimum Gasteiger partial charge on any atom is -0.197 e. The molecule has 1 saturated carbocycles. The first-order valence-electron chi connectivity index (χ1n) is 7.50. The molecule has 0 amide bonds. The Labute approximate surface area is 117 Å². The molecule has 0 saturated heterocycles. The molecule has 1 aliphatic carbocycles. The van der Waals surface area contributed by atoms with E-state index < -0.39 is 0 Å². The molecule has 1 aromatic rings. The summed E-state index contributed by atoms with van der Waals surface area (Å²) in [5, 5.41) is 9.70. The van der Waals surface area contributed by atoms with E-state index in [0.29, 0.717) is 0 Å². The van der Waals surface area contributed by atoms with Crippen molar-refractivity contribution in [3.63, 3.8) is 0 Å². The number of rotatable bonds is 1. The highest BCUT2D eigenvalue weighted by Crippen LogP contribution is 2.38. The second-order valence-electron chi connectivity index (χ2n) is 6.94. The molecular weight excluding hydrogens is 230 g/mol. The molecule has 0 atom stereocenters. The highest BCUT2D eigenvalue weighted by atomic mass is 14.4. The molecule has 0 aromatic heterocycles. The molecule has 0 unspecified atom stereocenters. The topological polar surface area (TPSA) is 23.8 Å². The summed E-state index contributed by atoms with van der Waals surface area (Å²) in [5.41, 5.74) is 2.53. The predicted octanol–water partition coefficient (Wildman–Crippen LogP) is 5.10. The summed E-state index contributed by atoms with van der Waals surface area (Å²) in [4.78, 5) is 0. The van der Waals surface area contributed by atoms with Crippen molar-refractivity contribution >= 4 is 0 Å². The van der Waals surface area contributed by atoms with Crippen LogP contribution in [0.1, 0.15) is 70.4 Å². The lowest BCUT2D eigenvalue weighted by Gasteiger charge is -2.27. The molecule has 1 aromatic carbocycles. The summed E-state index contributed by atoms with van der Waals surface area (Å²) >= 11 is 0. The van der Waals surface area contributed by atoms with Gasteiger partial charge in [-0.3, -0.25) is 0 Å². The van der Waals surface area contributed by atoms with E-state index in [2.05, 4.69) is 51.1 Å². The van der Waals surface area contributed by atoms with Crippen LogP contribution in [0.2, 0.25) is 0 Å². The van der Waals surface area contributed by atoms with Gasteiger partial charge in [-0.25, -0.2) is 0 Å². The zero-order valence-electron chi connectivity index (χ0n) is 12.5. The molecule has 1 fully saturated rings. The largest absolute Gasteiger partial charge is 0.197 e. The number of hydrogen-bond acceptors (Lipinski definition) is 1. The second-order valence-corrected chi connectivity index (χ2v) is 6.94. The third kappa shape index (κ3) is 3.00. The zero-order chi connectivity index (χ0) is 13.9. The van der Waals surface area contributed by atoms with Gasteiger partial charge >= 0.3 is 0 Å². The Morgan fingerprint density at radius 3 is 1.89 bits per heavy atom. The molecule has 0 spiro atoms. The summed E-state index contributed by atoms with van der Waals surface area (Å²) in [7, 11) is 0. The Balaban J connectivity index is 2.31. The molecule has 102 valence electrons. The van der Waals surface area contributed by atoms with Gasteiger partial charge in [-0.1, -0.05) is 70.7 Å². The number of nitriles is 1. The maximum Gasteiger partial charge on any atom is 0.0822 e. The van der Waals surface area contributed by atoms with E-state index >= 15 is 0 Å². The summed E-state index contributed by atoms with van der Waals surface area (Å²) in [6.07, 6.45) is 6.99. The maximum absolute atomic E-state index is 9.70. The average Bonchev–Trinajstić information content (AvgIpc) is 2.64. The summed E-state index contributed by atoms with van der Waals surface area (Å²) < 4.78 is 0. The van der Waals surface area contributed by atoms with Gasteiger partial charge in [0.1, 0.15) is 0 Å². The van der Waals surface area contributed by atoms with Crippen LogP contribution in [0, 0.1) is 11.3 Å². The van der Waals surface area contributed by atoms with Crippen LogP contribution in [0.4, 0.5) is 0 Å². The van der Waals surface area contributed by atoms with Crippen LogP contribution in [-0.2, 0) is 10.8 Å². The van der Waals surface area contributed by atoms with Crippen LogP contribution in [0.3, 0.4) is 0 Å². The van der Waals surface area contributed by atoms with Crippen molar-refractivity contribution in [2.45, 2.75) is 70.1 Å². The van der Waals surface area contributed by atoms with Crippen LogP contribution in [-0.4, -0.2) is 0 Å². The monoisotopic (exact) mass is 255 g/mol. The fraction of sp³-hybridized carbons (Fsp3) is 0.611. The van der Waals surface area contributed by atoms with Crippen molar-refractivity contribution in [1.29, 1.82) is 5.26 Å². The van der Waals surface area contributed by atoms with Gasteiger partial charge in [-0.2, -0.15) is 5.26 Å². The molecular formula is C18H25N. The van der Waals surface area contributed by atoms with Gasteiger partial charge in [0.15, 0.2) is 0 Å². The molecule has 0 radical (unpaired) electrons. The van der Waals surface area contributed by atoms with Crippen molar-refractivity contribution < 1.29 is 0 Å². The number of nitrogens with zero attached hydrogens (tertiary/aromatic N) is 1. The predicted molar refractivity (Wildman–Crippen MR) is 80.1 cm³/mol. The summed E-state index contributed by atoms with van der Waals surface area (Å²) in [6.45, 7) is 6.69. The molecule has 1 heteroatoms. The molecule has 0 heterocycles. The van der Waals surface area contributed by atoms with Gasteiger partial charge in [0.25, 0.3) is 0 Å². The van der Waals surface area contributed by atoms with Crippen molar-refractivity contribution in [3.05, 3.63) is 35.4 Å². The molecule has 0 aliphatic heterocycles. The van der Waals surface area contributed by atoms with Crippen LogP contribution < -0.4 is 0 Å². The Hall–Kier alpha value is -1.29. The van der Waals surface area contributed by atoms with E-state index in [1.54, 1.807) is 0 Å². The molecule has 0 bridgehead atoms. The Kier molecular flexibility index (Phi) is 3.99. The van der Waals surface area contributed by atoms with Gasteiger partial charge in [0.05, 0.1) is 11.5 Å². The Morgan fingerprint density at radius 2 is 1.47 bits per heavy atom. The first-order valence-corrected chi connectivity index (χ1v) is 7.50.